The average Bonchev–Trinajstić information content (AvgIpc) is 2.83. The lowest BCUT2D eigenvalue weighted by atomic mass is 9.75. The predicted octanol–water partition coefficient (Wildman–Crippen LogP) is 3.92. The highest BCUT2D eigenvalue weighted by atomic mass is 32.1. The number of aryl methyl sites for hydroxylation is 1. The van der Waals surface area contributed by atoms with Crippen LogP contribution < -0.4 is 4.90 Å². The fourth-order valence-electron chi connectivity index (χ4n) is 3.33. The molecule has 20 heavy (non-hydrogen) atoms. The lowest BCUT2D eigenvalue weighted by Gasteiger charge is -2.38. The number of ketones is 1. The Morgan fingerprint density at radius 1 is 1.20 bits per heavy atom. The van der Waals surface area contributed by atoms with Crippen LogP contribution in [0.5, 0.6) is 0 Å². The summed E-state index contributed by atoms with van der Waals surface area (Å²) in [5.41, 5.74) is 1.46. The Balaban J connectivity index is 1.71. The summed E-state index contributed by atoms with van der Waals surface area (Å²) in [5.74, 6) is 1.11. The number of thiazole rings is 1. The van der Waals surface area contributed by atoms with Gasteiger partial charge in [0.05, 0.1) is 10.6 Å². The van der Waals surface area contributed by atoms with Crippen molar-refractivity contribution < 1.29 is 4.79 Å². The molecule has 0 spiro atoms. The van der Waals surface area contributed by atoms with Gasteiger partial charge >= 0.3 is 0 Å². The van der Waals surface area contributed by atoms with Gasteiger partial charge in [-0.1, -0.05) is 32.1 Å². The van der Waals surface area contributed by atoms with Gasteiger partial charge in [-0.15, -0.1) is 0 Å². The molecule has 2 heterocycles. The monoisotopic (exact) mass is 292 g/mol. The largest absolute Gasteiger partial charge is 0.348 e. The lowest BCUT2D eigenvalue weighted by molar-refractivity contribution is 0.0976. The van der Waals surface area contributed by atoms with E-state index >= 15 is 0 Å². The Labute approximate surface area is 125 Å². The van der Waals surface area contributed by atoms with Gasteiger partial charge in [0.15, 0.2) is 10.9 Å². The molecule has 1 fully saturated rings. The van der Waals surface area contributed by atoms with E-state index in [2.05, 4.69) is 25.7 Å². The third-order valence-electron chi connectivity index (χ3n) is 4.75. The van der Waals surface area contributed by atoms with Crippen molar-refractivity contribution >= 4 is 22.3 Å². The molecule has 0 unspecified atom stereocenters. The summed E-state index contributed by atoms with van der Waals surface area (Å²) in [5, 5.41) is 1.08. The second kappa shape index (κ2) is 5.14. The van der Waals surface area contributed by atoms with Crippen LogP contribution in [0.25, 0.3) is 0 Å². The van der Waals surface area contributed by atoms with Crippen molar-refractivity contribution in [3.8, 4) is 0 Å². The summed E-state index contributed by atoms with van der Waals surface area (Å²) in [6.07, 6.45) is 5.14. The van der Waals surface area contributed by atoms with Gasteiger partial charge in [-0.3, -0.25) is 4.79 Å². The molecule has 110 valence electrons. The maximum absolute atomic E-state index is 11.9. The molecule has 1 aliphatic carbocycles. The molecule has 4 heteroatoms. The van der Waals surface area contributed by atoms with Crippen LogP contribution in [0.3, 0.4) is 0 Å². The highest BCUT2D eigenvalue weighted by molar-refractivity contribution is 7.17. The number of Topliss-reactive ketones (excluding diaryl/α,β-unsaturated/α-hetero) is 1. The molecule has 1 aliphatic heterocycles. The number of hydrogen-bond donors (Lipinski definition) is 0. The Morgan fingerprint density at radius 2 is 1.90 bits per heavy atom. The Bertz CT molecular complexity index is 507. The average molecular weight is 292 g/mol. The summed E-state index contributed by atoms with van der Waals surface area (Å²) >= 11 is 1.62. The third-order valence-corrected chi connectivity index (χ3v) is 5.95. The van der Waals surface area contributed by atoms with E-state index in [4.69, 9.17) is 4.98 Å². The summed E-state index contributed by atoms with van der Waals surface area (Å²) in [7, 11) is 0. The molecule has 0 radical (unpaired) electrons. The molecule has 0 aromatic carbocycles. The van der Waals surface area contributed by atoms with Gasteiger partial charge in [-0.05, 0) is 37.0 Å². The first-order chi connectivity index (χ1) is 9.45. The van der Waals surface area contributed by atoms with Crippen LogP contribution in [0.2, 0.25) is 0 Å². The molecule has 3 rings (SSSR count). The lowest BCUT2D eigenvalue weighted by Crippen LogP contribution is -2.37. The Kier molecular flexibility index (Phi) is 3.61. The zero-order valence-electron chi connectivity index (χ0n) is 12.7. The number of carbonyl (C=O) groups excluding carboxylic acids is 1. The van der Waals surface area contributed by atoms with E-state index < -0.39 is 0 Å². The first-order valence-electron chi connectivity index (χ1n) is 7.73. The predicted molar refractivity (Wildman–Crippen MR) is 83.8 cm³/mol. The van der Waals surface area contributed by atoms with E-state index in [-0.39, 0.29) is 0 Å². The Morgan fingerprint density at radius 3 is 2.50 bits per heavy atom. The molecular weight excluding hydrogens is 268 g/mol. The van der Waals surface area contributed by atoms with Crippen molar-refractivity contribution in [2.75, 3.05) is 18.0 Å². The van der Waals surface area contributed by atoms with E-state index in [0.717, 1.165) is 47.6 Å². The zero-order valence-corrected chi connectivity index (χ0v) is 13.6. The fraction of sp³-hybridized carbons (Fsp3) is 0.750. The van der Waals surface area contributed by atoms with Gasteiger partial charge in [0.1, 0.15) is 0 Å². The molecule has 2 aliphatic rings. The van der Waals surface area contributed by atoms with Gasteiger partial charge in [0, 0.05) is 19.5 Å². The first kappa shape index (κ1) is 14.1. The highest BCUT2D eigenvalue weighted by Gasteiger charge is 2.31. The quantitative estimate of drug-likeness (QED) is 0.786. The minimum absolute atomic E-state index is 0.305. The van der Waals surface area contributed by atoms with Crippen molar-refractivity contribution in [3.05, 3.63) is 10.6 Å². The maximum atomic E-state index is 11.9. The van der Waals surface area contributed by atoms with Crippen molar-refractivity contribution in [2.24, 2.45) is 11.3 Å². The normalized spacial score (nSPS) is 21.1. The van der Waals surface area contributed by atoms with Gasteiger partial charge in [-0.25, -0.2) is 4.98 Å². The second-order valence-electron chi connectivity index (χ2n) is 7.18. The number of aromatic nitrogens is 1. The van der Waals surface area contributed by atoms with Crippen molar-refractivity contribution in [1.82, 2.24) is 4.98 Å². The molecule has 0 amide bonds. The van der Waals surface area contributed by atoms with Crippen LogP contribution in [0, 0.1) is 11.3 Å². The zero-order chi connectivity index (χ0) is 14.3. The number of nitrogens with zero attached hydrogens (tertiary/aromatic N) is 2. The van der Waals surface area contributed by atoms with Gasteiger partial charge in [0.25, 0.3) is 0 Å². The van der Waals surface area contributed by atoms with Crippen molar-refractivity contribution in [2.45, 2.75) is 52.9 Å². The molecule has 0 N–H and O–H groups in total. The Hall–Kier alpha value is -0.900. The van der Waals surface area contributed by atoms with E-state index in [1.807, 2.05) is 0 Å². The standard InChI is InChI=1S/C16H24N2OS/c1-16(2,3)11-7-9-18(10-8-11)15-17-12-5-4-6-13(19)14(12)20-15/h11H,4-10H2,1-3H3. The second-order valence-corrected chi connectivity index (χ2v) is 8.15. The minimum atomic E-state index is 0.305. The van der Waals surface area contributed by atoms with Gasteiger partial charge < -0.3 is 4.90 Å². The van der Waals surface area contributed by atoms with E-state index in [1.54, 1.807) is 11.3 Å². The van der Waals surface area contributed by atoms with E-state index in [9.17, 15) is 4.79 Å². The van der Waals surface area contributed by atoms with E-state index in [0.29, 0.717) is 17.6 Å². The molecule has 0 saturated carbocycles. The molecule has 1 saturated heterocycles. The number of piperidine rings is 1. The summed E-state index contributed by atoms with van der Waals surface area (Å²) in [4.78, 5) is 20.0. The van der Waals surface area contributed by atoms with Crippen LogP contribution in [0.15, 0.2) is 0 Å². The molecule has 1 aromatic heterocycles. The summed E-state index contributed by atoms with van der Waals surface area (Å²) < 4.78 is 0. The number of rotatable bonds is 1. The fourth-order valence-corrected chi connectivity index (χ4v) is 4.46. The number of carbonyl (C=O) groups is 1. The maximum Gasteiger partial charge on any atom is 0.186 e. The van der Waals surface area contributed by atoms with E-state index in [1.165, 1.54) is 12.8 Å². The topological polar surface area (TPSA) is 33.2 Å². The van der Waals surface area contributed by atoms with Gasteiger partial charge in [-0.2, -0.15) is 0 Å². The minimum Gasteiger partial charge on any atom is -0.348 e. The molecule has 1 aromatic rings. The molecule has 0 atom stereocenters. The number of hydrogen-bond acceptors (Lipinski definition) is 4. The van der Waals surface area contributed by atoms with Crippen LogP contribution in [-0.4, -0.2) is 23.9 Å². The van der Waals surface area contributed by atoms with Crippen molar-refractivity contribution in [3.63, 3.8) is 0 Å². The van der Waals surface area contributed by atoms with Gasteiger partial charge in [0.2, 0.25) is 0 Å². The highest BCUT2D eigenvalue weighted by Crippen LogP contribution is 2.38. The SMILES string of the molecule is CC(C)(C)C1CCN(c2nc3c(s2)C(=O)CCC3)CC1. The number of fused-ring (bicyclic) bond motifs is 1. The smallest absolute Gasteiger partial charge is 0.186 e. The van der Waals surface area contributed by atoms with Crippen LogP contribution in [0.4, 0.5) is 5.13 Å². The van der Waals surface area contributed by atoms with Crippen LogP contribution in [0.1, 0.15) is 61.8 Å². The summed E-state index contributed by atoms with van der Waals surface area (Å²) in [6.45, 7) is 9.20. The molecule has 3 nitrogen and oxygen atoms in total. The third kappa shape index (κ3) is 2.62. The summed E-state index contributed by atoms with van der Waals surface area (Å²) in [6, 6.07) is 0. The first-order valence-corrected chi connectivity index (χ1v) is 8.54. The van der Waals surface area contributed by atoms with Crippen LogP contribution in [-0.2, 0) is 6.42 Å². The van der Waals surface area contributed by atoms with Crippen LogP contribution >= 0.6 is 11.3 Å². The number of anilines is 1. The molecule has 0 bridgehead atoms. The van der Waals surface area contributed by atoms with Crippen molar-refractivity contribution in [1.29, 1.82) is 0 Å². The molecular formula is C16H24N2OS.